The van der Waals surface area contributed by atoms with Crippen molar-refractivity contribution in [1.82, 2.24) is 0 Å². The molecule has 0 saturated carbocycles. The zero-order valence-corrected chi connectivity index (χ0v) is 25.1. The summed E-state index contributed by atoms with van der Waals surface area (Å²) in [6, 6.07) is 53.2. The van der Waals surface area contributed by atoms with Crippen molar-refractivity contribution in [3.63, 3.8) is 0 Å². The lowest BCUT2D eigenvalue weighted by Crippen LogP contribution is -2.28. The first-order chi connectivity index (χ1) is 22.2. The van der Waals surface area contributed by atoms with Crippen molar-refractivity contribution in [2.75, 3.05) is 0 Å². The molecule has 2 heteroatoms. The topological polar surface area (TPSA) is 17.1 Å². The van der Waals surface area contributed by atoms with Crippen LogP contribution in [0.25, 0.3) is 65.3 Å². The fraction of sp³-hybridized carbons (Fsp3) is 0.0465. The average molecular weight is 591 g/mol. The number of hydrogen-bond donors (Lipinski definition) is 0. The summed E-state index contributed by atoms with van der Waals surface area (Å²) in [4.78, 5) is 13.5. The van der Waals surface area contributed by atoms with Crippen LogP contribution in [0.3, 0.4) is 0 Å². The van der Waals surface area contributed by atoms with Crippen molar-refractivity contribution in [3.8, 4) is 22.3 Å². The lowest BCUT2D eigenvalue weighted by Gasteiger charge is -2.39. The number of carbonyl (C=O) groups excluding carboxylic acids is 1. The van der Waals surface area contributed by atoms with Crippen LogP contribution in [0.15, 0.2) is 146 Å². The minimum atomic E-state index is -0.230. The molecular weight excluding hydrogens is 565 g/mol. The van der Waals surface area contributed by atoms with Crippen LogP contribution in [-0.4, -0.2) is 5.12 Å². The summed E-state index contributed by atoms with van der Waals surface area (Å²) in [5.74, 6) is -0.230. The van der Waals surface area contributed by atoms with Gasteiger partial charge in [-0.3, -0.25) is 4.79 Å². The van der Waals surface area contributed by atoms with E-state index in [9.17, 15) is 4.79 Å². The first-order valence-corrected chi connectivity index (χ1v) is 16.4. The molecule has 8 aromatic rings. The number of fused-ring (bicyclic) bond motifs is 5. The minimum absolute atomic E-state index is 0.0221. The van der Waals surface area contributed by atoms with Gasteiger partial charge in [-0.15, -0.1) is 0 Å². The predicted octanol–water partition coefficient (Wildman–Crippen LogP) is 11.4. The number of hydrogen-bond acceptors (Lipinski definition) is 2. The fourth-order valence-corrected chi connectivity index (χ4v) is 8.92. The van der Waals surface area contributed by atoms with E-state index in [1.165, 1.54) is 82.7 Å². The summed E-state index contributed by atoms with van der Waals surface area (Å²) in [6.45, 7) is 0. The highest BCUT2D eigenvalue weighted by Gasteiger charge is 2.43. The van der Waals surface area contributed by atoms with E-state index in [1.807, 2.05) is 0 Å². The molecule has 3 aliphatic rings. The highest BCUT2D eigenvalue weighted by molar-refractivity contribution is 8.14. The highest BCUT2D eigenvalue weighted by Crippen LogP contribution is 2.57. The number of benzene rings is 8. The van der Waals surface area contributed by atoms with Gasteiger partial charge in [0.15, 0.2) is 0 Å². The van der Waals surface area contributed by atoms with Crippen LogP contribution in [0.1, 0.15) is 33.4 Å². The minimum Gasteiger partial charge on any atom is -0.286 e. The van der Waals surface area contributed by atoms with Crippen LogP contribution < -0.4 is 0 Å². The van der Waals surface area contributed by atoms with Crippen molar-refractivity contribution in [3.05, 3.63) is 168 Å². The van der Waals surface area contributed by atoms with E-state index in [0.717, 1.165) is 16.7 Å². The molecule has 45 heavy (non-hydrogen) atoms. The summed E-state index contributed by atoms with van der Waals surface area (Å²) >= 11 is 1.50. The van der Waals surface area contributed by atoms with Gasteiger partial charge < -0.3 is 0 Å². The average Bonchev–Trinajstić information content (AvgIpc) is 3.09. The van der Waals surface area contributed by atoms with Crippen molar-refractivity contribution < 1.29 is 4.79 Å². The Balaban J connectivity index is 1.04. The lowest BCUT2D eigenvalue weighted by molar-refractivity contribution is -0.111. The fourth-order valence-electron chi connectivity index (χ4n) is 7.63. The molecule has 8 aromatic carbocycles. The standard InChI is InChI=1S/C43H26OS/c44-43-41-37-15-13-34(30-10-12-32-18-26-6-2-4-8-28(26)20-36(32)22-30)24-40(37)42(45-43)38-16-14-33(23-39(38)41)29-9-11-31-17-25-5-1-3-7-27(25)19-35(31)21-29/h1-24,41-42H. The van der Waals surface area contributed by atoms with E-state index in [-0.39, 0.29) is 16.3 Å². The molecule has 0 radical (unpaired) electrons. The van der Waals surface area contributed by atoms with E-state index in [2.05, 4.69) is 146 Å². The smallest absolute Gasteiger partial charge is 0.201 e. The summed E-state index contributed by atoms with van der Waals surface area (Å²) in [5, 5.41) is 10.3. The molecule has 0 N–H and O–H groups in total. The summed E-state index contributed by atoms with van der Waals surface area (Å²) in [7, 11) is 0. The van der Waals surface area contributed by atoms with Crippen LogP contribution in [0.4, 0.5) is 0 Å². The molecule has 2 bridgehead atoms. The zero-order chi connectivity index (χ0) is 29.6. The van der Waals surface area contributed by atoms with Gasteiger partial charge in [0.05, 0.1) is 11.2 Å². The second-order valence-electron chi connectivity index (χ2n) is 12.5. The van der Waals surface area contributed by atoms with Gasteiger partial charge in [-0.05, 0) is 136 Å². The number of rotatable bonds is 2. The molecule has 2 heterocycles. The Hall–Kier alpha value is -5.18. The quantitative estimate of drug-likeness (QED) is 0.186. The summed E-state index contributed by atoms with van der Waals surface area (Å²) in [5.41, 5.74) is 9.63. The Kier molecular flexibility index (Phi) is 5.26. The third-order valence-electron chi connectivity index (χ3n) is 9.91. The maximum absolute atomic E-state index is 13.5. The van der Waals surface area contributed by atoms with Crippen LogP contribution >= 0.6 is 11.8 Å². The molecule has 0 spiro atoms. The molecule has 2 aliphatic heterocycles. The Bertz CT molecular complexity index is 2560. The predicted molar refractivity (Wildman–Crippen MR) is 190 cm³/mol. The van der Waals surface area contributed by atoms with Gasteiger partial charge in [0.2, 0.25) is 5.12 Å². The van der Waals surface area contributed by atoms with Gasteiger partial charge in [0.25, 0.3) is 0 Å². The van der Waals surface area contributed by atoms with Crippen molar-refractivity contribution in [2.45, 2.75) is 11.2 Å². The number of thioether (sulfide) groups is 1. The zero-order valence-electron chi connectivity index (χ0n) is 24.3. The second kappa shape index (κ2) is 9.41. The van der Waals surface area contributed by atoms with Crippen molar-refractivity contribution in [1.29, 1.82) is 0 Å². The molecular formula is C43H26OS. The van der Waals surface area contributed by atoms with E-state index in [4.69, 9.17) is 0 Å². The van der Waals surface area contributed by atoms with Crippen LogP contribution in [-0.2, 0) is 4.79 Å². The Labute approximate surface area is 265 Å². The third-order valence-corrected chi connectivity index (χ3v) is 11.1. The Morgan fingerprint density at radius 1 is 0.356 bits per heavy atom. The van der Waals surface area contributed by atoms with E-state index >= 15 is 0 Å². The lowest BCUT2D eigenvalue weighted by atomic mass is 9.76. The summed E-state index contributed by atoms with van der Waals surface area (Å²) < 4.78 is 0. The maximum atomic E-state index is 13.5. The van der Waals surface area contributed by atoms with Crippen LogP contribution in [0, 0.1) is 0 Å². The van der Waals surface area contributed by atoms with Crippen LogP contribution in [0.5, 0.6) is 0 Å². The molecule has 11 rings (SSSR count). The molecule has 1 aliphatic carbocycles. The van der Waals surface area contributed by atoms with Crippen molar-refractivity contribution >= 4 is 60.0 Å². The molecule has 0 fully saturated rings. The highest BCUT2D eigenvalue weighted by atomic mass is 32.2. The molecule has 0 saturated heterocycles. The van der Waals surface area contributed by atoms with Crippen molar-refractivity contribution in [2.24, 2.45) is 0 Å². The van der Waals surface area contributed by atoms with Gasteiger partial charge in [-0.1, -0.05) is 109 Å². The number of carbonyl (C=O) groups is 1. The summed E-state index contributed by atoms with van der Waals surface area (Å²) in [6.07, 6.45) is 0. The second-order valence-corrected chi connectivity index (χ2v) is 13.6. The SMILES string of the molecule is O=C1SC2c3cc(-c4ccc5cc6ccccc6cc5c4)ccc3C1c1cc(-c3ccc4cc5ccccc5cc4c3)ccc12. The van der Waals surface area contributed by atoms with E-state index < -0.39 is 0 Å². The normalized spacial score (nSPS) is 16.8. The third kappa shape index (κ3) is 3.86. The van der Waals surface area contributed by atoms with Gasteiger partial charge in [-0.25, -0.2) is 0 Å². The molecule has 2 unspecified atom stereocenters. The largest absolute Gasteiger partial charge is 0.286 e. The maximum Gasteiger partial charge on any atom is 0.201 e. The molecule has 2 atom stereocenters. The molecule has 0 aromatic heterocycles. The van der Waals surface area contributed by atoms with Crippen LogP contribution in [0.2, 0.25) is 0 Å². The van der Waals surface area contributed by atoms with Gasteiger partial charge in [0.1, 0.15) is 0 Å². The molecule has 1 nitrogen and oxygen atoms in total. The molecule has 210 valence electrons. The van der Waals surface area contributed by atoms with Gasteiger partial charge in [0, 0.05) is 0 Å². The molecule has 0 amide bonds. The first kappa shape index (κ1) is 25.2. The Morgan fingerprint density at radius 2 is 0.778 bits per heavy atom. The van der Waals surface area contributed by atoms with Gasteiger partial charge in [-0.2, -0.15) is 0 Å². The monoisotopic (exact) mass is 590 g/mol. The van der Waals surface area contributed by atoms with Gasteiger partial charge >= 0.3 is 0 Å². The van der Waals surface area contributed by atoms with E-state index in [1.54, 1.807) is 0 Å². The van der Waals surface area contributed by atoms with E-state index in [0.29, 0.717) is 0 Å². The Morgan fingerprint density at radius 3 is 1.33 bits per heavy atom. The first-order valence-electron chi connectivity index (χ1n) is 15.5.